The Morgan fingerprint density at radius 2 is 2.04 bits per heavy atom. The molecule has 27 heavy (non-hydrogen) atoms. The van der Waals surface area contributed by atoms with Gasteiger partial charge < -0.3 is 9.88 Å². The van der Waals surface area contributed by atoms with Crippen LogP contribution in [0.3, 0.4) is 0 Å². The van der Waals surface area contributed by atoms with Crippen molar-refractivity contribution in [2.24, 2.45) is 0 Å². The average molecular weight is 434 g/mol. The minimum Gasteiger partial charge on any atom is -0.391 e. The number of aromatic nitrogens is 1. The van der Waals surface area contributed by atoms with Crippen LogP contribution in [0.25, 0.3) is 4.85 Å². The summed E-state index contributed by atoms with van der Waals surface area (Å²) in [5.74, 6) is -0.187. The molecule has 0 aliphatic carbocycles. The van der Waals surface area contributed by atoms with E-state index in [1.165, 1.54) is 4.90 Å². The van der Waals surface area contributed by atoms with Gasteiger partial charge in [0.1, 0.15) is 5.54 Å². The largest absolute Gasteiger partial charge is 3.00 e. The molecule has 3 heterocycles. The predicted molar refractivity (Wildman–Crippen MR) is 95.8 cm³/mol. The van der Waals surface area contributed by atoms with Gasteiger partial charge in [-0.15, -0.1) is 12.1 Å². The molecule has 4 rings (SSSR count). The number of anilines is 1. The van der Waals surface area contributed by atoms with Crippen LogP contribution in [-0.4, -0.2) is 33.9 Å². The van der Waals surface area contributed by atoms with Gasteiger partial charge in [-0.2, -0.15) is 0 Å². The van der Waals surface area contributed by atoms with E-state index in [1.54, 1.807) is 36.1 Å². The molecule has 2 aromatic rings. The summed E-state index contributed by atoms with van der Waals surface area (Å²) in [5, 5.41) is 0. The van der Waals surface area contributed by atoms with Crippen molar-refractivity contribution in [2.45, 2.75) is 31.7 Å². The van der Waals surface area contributed by atoms with E-state index in [9.17, 15) is 9.59 Å². The number of aryl methyl sites for hydroxylation is 1. The molecule has 130 valence electrons. The summed E-state index contributed by atoms with van der Waals surface area (Å²) in [5.41, 5.74) is 1.90. The summed E-state index contributed by atoms with van der Waals surface area (Å²) < 4.78 is 0. The van der Waals surface area contributed by atoms with Gasteiger partial charge in [-0.3, -0.25) is 9.69 Å². The van der Waals surface area contributed by atoms with Gasteiger partial charge >= 0.3 is 38.7 Å². The van der Waals surface area contributed by atoms with E-state index in [2.05, 4.69) is 16.0 Å². The zero-order valence-electron chi connectivity index (χ0n) is 15.0. The maximum atomic E-state index is 13.3. The first-order chi connectivity index (χ1) is 12.5. The van der Waals surface area contributed by atoms with E-state index in [1.807, 2.05) is 12.1 Å². The van der Waals surface area contributed by atoms with Gasteiger partial charge in [-0.05, 0) is 18.4 Å². The standard InChI is InChI=1S/C20H17N4O2.Y/c1-14-12-17(8-10-22-14)24-18(25)20(9-3-11-23(20)19(24)26)13-15-4-6-16(21-2)7-5-15;/h4-8,12H,3,9,11,13H2,1H3;/q-1;+3. The van der Waals surface area contributed by atoms with Crippen LogP contribution in [-0.2, 0) is 43.9 Å². The van der Waals surface area contributed by atoms with Crippen molar-refractivity contribution < 1.29 is 42.3 Å². The van der Waals surface area contributed by atoms with Gasteiger partial charge in [0, 0.05) is 13.0 Å². The number of hydrogen-bond donors (Lipinski definition) is 0. The number of nitrogens with zero attached hydrogens (tertiary/aromatic N) is 4. The first kappa shape index (κ1) is 19.7. The molecular formula is C20H17N4O2Y+2. The number of fused-ring (bicyclic) bond motifs is 1. The Hall–Kier alpha value is -2.10. The fraction of sp³-hybridized carbons (Fsp3) is 0.300. The van der Waals surface area contributed by atoms with Crippen LogP contribution in [0.15, 0.2) is 36.4 Å². The number of benzene rings is 1. The summed E-state index contributed by atoms with van der Waals surface area (Å²) >= 11 is 0. The van der Waals surface area contributed by atoms with Gasteiger partial charge in [0.15, 0.2) is 5.69 Å². The Bertz CT molecular complexity index is 938. The minimum atomic E-state index is -0.839. The van der Waals surface area contributed by atoms with Crippen molar-refractivity contribution >= 4 is 23.3 Å². The van der Waals surface area contributed by atoms with Crippen molar-refractivity contribution in [3.05, 3.63) is 65.3 Å². The third-order valence-corrected chi connectivity index (χ3v) is 5.14. The molecule has 2 saturated heterocycles. The Kier molecular flexibility index (Phi) is 5.46. The SMILES string of the molecule is [C-]#[N+]c1ccc(CC23CCCN2C(=O)N(c2c[c-]nc(C)c2)C3=O)cc1.[Y+3]. The third-order valence-electron chi connectivity index (χ3n) is 5.14. The van der Waals surface area contributed by atoms with Crippen LogP contribution in [0.4, 0.5) is 16.2 Å². The maximum absolute atomic E-state index is 13.3. The van der Waals surface area contributed by atoms with E-state index in [-0.39, 0.29) is 44.6 Å². The number of urea groups is 1. The zero-order valence-corrected chi connectivity index (χ0v) is 17.8. The Morgan fingerprint density at radius 3 is 2.70 bits per heavy atom. The van der Waals surface area contributed by atoms with E-state index in [0.717, 1.165) is 12.0 Å². The normalized spacial score (nSPS) is 21.0. The Morgan fingerprint density at radius 1 is 1.30 bits per heavy atom. The smallest absolute Gasteiger partial charge is 0.391 e. The summed E-state index contributed by atoms with van der Waals surface area (Å²) in [6.07, 6.45) is 4.66. The van der Waals surface area contributed by atoms with Crippen LogP contribution in [0, 0.1) is 19.7 Å². The molecule has 0 spiro atoms. The van der Waals surface area contributed by atoms with E-state index < -0.39 is 5.54 Å². The molecule has 1 aromatic carbocycles. The van der Waals surface area contributed by atoms with E-state index >= 15 is 0 Å². The molecule has 2 aliphatic rings. The second kappa shape index (κ2) is 7.49. The molecule has 3 amide bonds. The van der Waals surface area contributed by atoms with Gasteiger partial charge in [0.2, 0.25) is 5.91 Å². The molecule has 1 atom stereocenters. The van der Waals surface area contributed by atoms with E-state index in [4.69, 9.17) is 6.57 Å². The van der Waals surface area contributed by atoms with Crippen LogP contribution in [0.1, 0.15) is 24.1 Å². The number of hydrogen-bond acceptors (Lipinski definition) is 3. The van der Waals surface area contributed by atoms with E-state index in [0.29, 0.717) is 36.5 Å². The van der Waals surface area contributed by atoms with Gasteiger partial charge in [0.05, 0.1) is 6.57 Å². The fourth-order valence-corrected chi connectivity index (χ4v) is 3.93. The van der Waals surface area contributed by atoms with Crippen LogP contribution in [0.5, 0.6) is 0 Å². The van der Waals surface area contributed by atoms with Crippen molar-refractivity contribution in [3.63, 3.8) is 0 Å². The zero-order chi connectivity index (χ0) is 18.3. The molecule has 0 N–H and O–H groups in total. The second-order valence-electron chi connectivity index (χ2n) is 6.76. The third kappa shape index (κ3) is 3.20. The monoisotopic (exact) mass is 434 g/mol. The molecule has 7 heteroatoms. The van der Waals surface area contributed by atoms with Crippen molar-refractivity contribution in [3.8, 4) is 0 Å². The molecule has 6 nitrogen and oxygen atoms in total. The van der Waals surface area contributed by atoms with Gasteiger partial charge in [0.25, 0.3) is 0 Å². The number of pyridine rings is 1. The molecule has 1 unspecified atom stereocenters. The number of amides is 3. The Labute approximate surface area is 183 Å². The fourth-order valence-electron chi connectivity index (χ4n) is 3.93. The number of carbonyl (C=O) groups excluding carboxylic acids is 2. The minimum absolute atomic E-state index is 0. The molecule has 2 aliphatic heterocycles. The first-order valence-electron chi connectivity index (χ1n) is 8.52. The predicted octanol–water partition coefficient (Wildman–Crippen LogP) is 3.28. The summed E-state index contributed by atoms with van der Waals surface area (Å²) in [6, 6.07) is 10.3. The topological polar surface area (TPSA) is 57.9 Å². The van der Waals surface area contributed by atoms with Gasteiger partial charge in [-0.25, -0.2) is 9.64 Å². The molecule has 0 bridgehead atoms. The summed E-state index contributed by atoms with van der Waals surface area (Å²) in [4.78, 5) is 36.7. The summed E-state index contributed by atoms with van der Waals surface area (Å²) in [6.45, 7) is 9.44. The van der Waals surface area contributed by atoms with Crippen molar-refractivity contribution in [1.29, 1.82) is 0 Å². The Balaban J connectivity index is 0.00000210. The second-order valence-corrected chi connectivity index (χ2v) is 6.76. The first-order valence-corrected chi connectivity index (χ1v) is 8.52. The average Bonchev–Trinajstić information content (AvgIpc) is 3.14. The molecule has 0 radical (unpaired) electrons. The molecular weight excluding hydrogens is 417 g/mol. The number of carbonyl (C=O) groups is 2. The number of rotatable bonds is 3. The summed E-state index contributed by atoms with van der Waals surface area (Å²) in [7, 11) is 0. The van der Waals surface area contributed by atoms with Gasteiger partial charge in [-0.1, -0.05) is 48.8 Å². The molecule has 0 saturated carbocycles. The van der Waals surface area contributed by atoms with Crippen molar-refractivity contribution in [2.75, 3.05) is 11.4 Å². The maximum Gasteiger partial charge on any atom is 3.00 e. The molecule has 2 fully saturated rings. The van der Waals surface area contributed by atoms with Crippen LogP contribution >= 0.6 is 0 Å². The van der Waals surface area contributed by atoms with Crippen molar-refractivity contribution in [1.82, 2.24) is 9.88 Å². The van der Waals surface area contributed by atoms with Crippen LogP contribution in [0.2, 0.25) is 0 Å². The quantitative estimate of drug-likeness (QED) is 0.551. The van der Waals surface area contributed by atoms with Crippen LogP contribution < -0.4 is 4.90 Å². The molecule has 1 aromatic heterocycles. The number of imide groups is 1.